The lowest BCUT2D eigenvalue weighted by Crippen LogP contribution is -2.44. The average Bonchev–Trinajstić information content (AvgIpc) is 2.41. The van der Waals surface area contributed by atoms with Gasteiger partial charge in [0.2, 0.25) is 0 Å². The summed E-state index contributed by atoms with van der Waals surface area (Å²) < 4.78 is 0. The lowest BCUT2D eigenvalue weighted by atomic mass is 10.1. The first-order chi connectivity index (χ1) is 8.93. The Morgan fingerprint density at radius 1 is 1.26 bits per heavy atom. The molecule has 0 unspecified atom stereocenters. The summed E-state index contributed by atoms with van der Waals surface area (Å²) >= 11 is 0. The van der Waals surface area contributed by atoms with Crippen molar-refractivity contribution < 1.29 is 4.79 Å². The SMILES string of the molecule is C=C(CC(=O)/C(=C/C)CC)[Si](C)(C)c1ccccc1. The first kappa shape index (κ1) is 15.6. The predicted molar refractivity (Wildman–Crippen MR) is 86.4 cm³/mol. The van der Waals surface area contributed by atoms with Crippen molar-refractivity contribution in [2.75, 3.05) is 0 Å². The van der Waals surface area contributed by atoms with Gasteiger partial charge in [0.25, 0.3) is 0 Å². The number of benzene rings is 1. The van der Waals surface area contributed by atoms with Crippen LogP contribution in [0.5, 0.6) is 0 Å². The maximum atomic E-state index is 12.2. The second-order valence-corrected chi connectivity index (χ2v) is 9.90. The summed E-state index contributed by atoms with van der Waals surface area (Å²) in [5, 5.41) is 2.45. The second-order valence-electron chi connectivity index (χ2n) is 5.36. The van der Waals surface area contributed by atoms with Crippen molar-refractivity contribution in [1.82, 2.24) is 0 Å². The molecule has 0 fully saturated rings. The van der Waals surface area contributed by atoms with E-state index >= 15 is 0 Å². The molecule has 0 aromatic heterocycles. The molecule has 102 valence electrons. The van der Waals surface area contributed by atoms with E-state index < -0.39 is 8.07 Å². The Hall–Kier alpha value is -1.41. The summed E-state index contributed by atoms with van der Waals surface area (Å²) in [4.78, 5) is 12.2. The fraction of sp³-hybridized carbons (Fsp3) is 0.353. The van der Waals surface area contributed by atoms with Crippen molar-refractivity contribution in [3.05, 3.63) is 53.8 Å². The molecule has 0 aliphatic rings. The highest BCUT2D eigenvalue weighted by atomic mass is 28.3. The minimum Gasteiger partial charge on any atom is -0.294 e. The van der Waals surface area contributed by atoms with Crippen LogP contribution in [0, 0.1) is 0 Å². The number of hydrogen-bond acceptors (Lipinski definition) is 1. The molecule has 0 amide bonds. The van der Waals surface area contributed by atoms with E-state index in [1.54, 1.807) is 0 Å². The molecule has 0 atom stereocenters. The maximum absolute atomic E-state index is 12.2. The predicted octanol–water partition coefficient (Wildman–Crippen LogP) is 4.01. The van der Waals surface area contributed by atoms with Gasteiger partial charge >= 0.3 is 0 Å². The minimum atomic E-state index is -1.76. The van der Waals surface area contributed by atoms with E-state index in [0.717, 1.165) is 17.2 Å². The molecular weight excluding hydrogens is 248 g/mol. The van der Waals surface area contributed by atoms with Crippen LogP contribution >= 0.6 is 0 Å². The largest absolute Gasteiger partial charge is 0.294 e. The lowest BCUT2D eigenvalue weighted by molar-refractivity contribution is -0.115. The van der Waals surface area contributed by atoms with Gasteiger partial charge in [0.05, 0.1) is 0 Å². The molecule has 0 bridgehead atoms. The first-order valence-electron chi connectivity index (χ1n) is 6.85. The summed E-state index contributed by atoms with van der Waals surface area (Å²) in [6.07, 6.45) is 3.21. The van der Waals surface area contributed by atoms with Crippen LogP contribution in [0.25, 0.3) is 0 Å². The topological polar surface area (TPSA) is 17.1 Å². The highest BCUT2D eigenvalue weighted by molar-refractivity contribution is 6.95. The summed E-state index contributed by atoms with van der Waals surface area (Å²) in [5.41, 5.74) is 0.916. The molecule has 1 aromatic carbocycles. The van der Waals surface area contributed by atoms with Crippen LogP contribution in [0.2, 0.25) is 13.1 Å². The third kappa shape index (κ3) is 3.77. The van der Waals surface area contributed by atoms with Gasteiger partial charge in [-0.2, -0.15) is 0 Å². The van der Waals surface area contributed by atoms with Gasteiger partial charge in [-0.15, -0.1) is 6.58 Å². The van der Waals surface area contributed by atoms with Gasteiger partial charge in [-0.1, -0.05) is 66.8 Å². The molecular formula is C17H24OSi. The molecule has 0 aliphatic carbocycles. The van der Waals surface area contributed by atoms with E-state index in [9.17, 15) is 4.79 Å². The number of carbonyl (C=O) groups excluding carboxylic acids is 1. The molecule has 1 aromatic rings. The third-order valence-electron chi connectivity index (χ3n) is 3.84. The smallest absolute Gasteiger partial charge is 0.162 e. The monoisotopic (exact) mass is 272 g/mol. The van der Waals surface area contributed by atoms with E-state index in [2.05, 4.69) is 43.9 Å². The Kier molecular flexibility index (Phi) is 5.49. The standard InChI is InChI=1S/C17H24OSi/c1-6-15(7-2)17(18)13-14(3)19(4,5)16-11-9-8-10-12-16/h6,8-12H,3,7,13H2,1-2,4-5H3/b15-6+. The van der Waals surface area contributed by atoms with Gasteiger partial charge < -0.3 is 0 Å². The van der Waals surface area contributed by atoms with Crippen molar-refractivity contribution in [3.8, 4) is 0 Å². The Balaban J connectivity index is 2.86. The van der Waals surface area contributed by atoms with Crippen LogP contribution < -0.4 is 5.19 Å². The van der Waals surface area contributed by atoms with Gasteiger partial charge in [-0.05, 0) is 18.9 Å². The summed E-state index contributed by atoms with van der Waals surface area (Å²) in [6, 6.07) is 10.4. The zero-order chi connectivity index (χ0) is 14.5. The normalized spacial score (nSPS) is 12.3. The molecule has 0 heterocycles. The van der Waals surface area contributed by atoms with Crippen molar-refractivity contribution >= 4 is 19.0 Å². The molecule has 0 radical (unpaired) electrons. The van der Waals surface area contributed by atoms with Gasteiger partial charge in [-0.3, -0.25) is 4.79 Å². The number of Topliss-reactive ketones (excluding diaryl/α,β-unsaturated/α-hetero) is 1. The van der Waals surface area contributed by atoms with Gasteiger partial charge in [0.15, 0.2) is 5.78 Å². The molecule has 19 heavy (non-hydrogen) atoms. The summed E-state index contributed by atoms with van der Waals surface area (Å²) in [7, 11) is -1.76. The van der Waals surface area contributed by atoms with E-state index in [0.29, 0.717) is 6.42 Å². The van der Waals surface area contributed by atoms with E-state index in [4.69, 9.17) is 0 Å². The number of carbonyl (C=O) groups is 1. The number of allylic oxidation sites excluding steroid dienone is 3. The lowest BCUT2D eigenvalue weighted by Gasteiger charge is -2.25. The van der Waals surface area contributed by atoms with E-state index in [1.807, 2.05) is 26.0 Å². The molecule has 2 heteroatoms. The molecule has 0 N–H and O–H groups in total. The van der Waals surface area contributed by atoms with Crippen LogP contribution in [0.4, 0.5) is 0 Å². The Labute approximate surface area is 118 Å². The van der Waals surface area contributed by atoms with Crippen molar-refractivity contribution in [3.63, 3.8) is 0 Å². The highest BCUT2D eigenvalue weighted by Crippen LogP contribution is 2.19. The number of rotatable bonds is 6. The summed E-state index contributed by atoms with van der Waals surface area (Å²) in [6.45, 7) is 12.7. The second kappa shape index (κ2) is 6.67. The average molecular weight is 272 g/mol. The van der Waals surface area contributed by atoms with Crippen LogP contribution in [0.3, 0.4) is 0 Å². The van der Waals surface area contributed by atoms with Crippen LogP contribution in [-0.4, -0.2) is 13.9 Å². The molecule has 1 rings (SSSR count). The van der Waals surface area contributed by atoms with E-state index in [-0.39, 0.29) is 5.78 Å². The molecule has 1 nitrogen and oxygen atoms in total. The molecule has 0 spiro atoms. The molecule has 0 aliphatic heterocycles. The zero-order valence-electron chi connectivity index (χ0n) is 12.5. The highest BCUT2D eigenvalue weighted by Gasteiger charge is 2.28. The summed E-state index contributed by atoms with van der Waals surface area (Å²) in [5.74, 6) is 0.228. The molecule has 0 saturated carbocycles. The number of hydrogen-bond donors (Lipinski definition) is 0. The maximum Gasteiger partial charge on any atom is 0.162 e. The van der Waals surface area contributed by atoms with Crippen molar-refractivity contribution in [2.45, 2.75) is 39.8 Å². The van der Waals surface area contributed by atoms with Crippen LogP contribution in [0.1, 0.15) is 26.7 Å². The van der Waals surface area contributed by atoms with E-state index in [1.165, 1.54) is 5.19 Å². The van der Waals surface area contributed by atoms with Gasteiger partial charge in [0, 0.05) is 6.42 Å². The van der Waals surface area contributed by atoms with Crippen molar-refractivity contribution in [1.29, 1.82) is 0 Å². The Morgan fingerprint density at radius 2 is 1.84 bits per heavy atom. The van der Waals surface area contributed by atoms with Crippen LogP contribution in [0.15, 0.2) is 53.8 Å². The first-order valence-corrected chi connectivity index (χ1v) is 9.85. The third-order valence-corrected chi connectivity index (χ3v) is 7.56. The quantitative estimate of drug-likeness (QED) is 0.565. The fourth-order valence-corrected chi connectivity index (χ4v) is 4.19. The van der Waals surface area contributed by atoms with Gasteiger partial charge in [0.1, 0.15) is 8.07 Å². The fourth-order valence-electron chi connectivity index (χ4n) is 2.15. The van der Waals surface area contributed by atoms with Gasteiger partial charge in [-0.25, -0.2) is 0 Å². The number of ketones is 1. The zero-order valence-corrected chi connectivity index (χ0v) is 13.5. The Bertz CT molecular complexity index is 483. The van der Waals surface area contributed by atoms with Crippen molar-refractivity contribution in [2.24, 2.45) is 0 Å². The Morgan fingerprint density at radius 3 is 2.32 bits per heavy atom. The molecule has 0 saturated heterocycles. The van der Waals surface area contributed by atoms with Crippen LogP contribution in [-0.2, 0) is 4.79 Å². The minimum absolute atomic E-state index is 0.228.